The van der Waals surface area contributed by atoms with Crippen molar-refractivity contribution in [3.8, 4) is 0 Å². The smallest absolute Gasteiger partial charge is 0.0431 e. The largest absolute Gasteiger partial charge is 0.396 e. The van der Waals surface area contributed by atoms with Crippen molar-refractivity contribution in [2.75, 3.05) is 13.2 Å². The van der Waals surface area contributed by atoms with Gasteiger partial charge in [0.1, 0.15) is 0 Å². The molecule has 2 N–H and O–H groups in total. The van der Waals surface area contributed by atoms with E-state index >= 15 is 0 Å². The highest BCUT2D eigenvalue weighted by atomic mass is 16.2. The third-order valence-corrected chi connectivity index (χ3v) is 3.44. The van der Waals surface area contributed by atoms with E-state index < -0.39 is 0 Å². The lowest BCUT2D eigenvalue weighted by Gasteiger charge is -2.18. The van der Waals surface area contributed by atoms with Crippen LogP contribution in [0.1, 0.15) is 30.0 Å². The van der Waals surface area contributed by atoms with Crippen LogP contribution in [-0.2, 0) is 0 Å². The van der Waals surface area contributed by atoms with Crippen LogP contribution in [0.2, 0.25) is 0 Å². The molecule has 0 bridgehead atoms. The monoisotopic (exact) mass is 281 g/mol. The van der Waals surface area contributed by atoms with Crippen LogP contribution in [0.3, 0.4) is 0 Å². The first-order chi connectivity index (χ1) is 10.4. The van der Waals surface area contributed by atoms with E-state index in [0.717, 1.165) is 19.4 Å². The van der Waals surface area contributed by atoms with Gasteiger partial charge >= 0.3 is 0 Å². The van der Waals surface area contributed by atoms with Gasteiger partial charge in [0.15, 0.2) is 0 Å². The summed E-state index contributed by atoms with van der Waals surface area (Å²) in [5.41, 5.74) is 2.49. The Balaban J connectivity index is 1.89. The van der Waals surface area contributed by atoms with E-state index in [9.17, 15) is 0 Å². The molecule has 1 unspecified atom stereocenters. The summed E-state index contributed by atoms with van der Waals surface area (Å²) >= 11 is 0. The minimum absolute atomic E-state index is 0.241. The van der Waals surface area contributed by atoms with E-state index in [0.29, 0.717) is 6.04 Å². The van der Waals surface area contributed by atoms with Crippen LogP contribution in [-0.4, -0.2) is 18.3 Å². The summed E-state index contributed by atoms with van der Waals surface area (Å²) in [5.74, 6) is 0. The first-order valence-electron chi connectivity index (χ1n) is 7.51. The van der Waals surface area contributed by atoms with Gasteiger partial charge in [0.05, 0.1) is 0 Å². The van der Waals surface area contributed by atoms with Gasteiger partial charge in [0, 0.05) is 19.2 Å². The second-order valence-electron chi connectivity index (χ2n) is 5.05. The molecule has 2 nitrogen and oxygen atoms in total. The molecular weight excluding hydrogens is 258 g/mol. The number of nitrogens with one attached hydrogen (secondary N) is 1. The average molecular weight is 281 g/mol. The molecule has 0 saturated carbocycles. The van der Waals surface area contributed by atoms with Gasteiger partial charge in [0.25, 0.3) is 0 Å². The second-order valence-corrected chi connectivity index (χ2v) is 5.05. The molecule has 0 aromatic heterocycles. The lowest BCUT2D eigenvalue weighted by molar-refractivity contribution is 0.276. The second kappa shape index (κ2) is 9.11. The molecule has 0 spiro atoms. The van der Waals surface area contributed by atoms with Crippen molar-refractivity contribution in [1.29, 1.82) is 0 Å². The molecule has 0 amide bonds. The van der Waals surface area contributed by atoms with Gasteiger partial charge in [-0.2, -0.15) is 0 Å². The maximum atomic E-state index is 9.04. The molecule has 110 valence electrons. The number of hydrogen-bond donors (Lipinski definition) is 2. The van der Waals surface area contributed by atoms with Crippen molar-refractivity contribution >= 4 is 6.08 Å². The zero-order chi connectivity index (χ0) is 14.8. The summed E-state index contributed by atoms with van der Waals surface area (Å²) in [6.07, 6.45) is 6.03. The molecule has 0 aliphatic heterocycles. The Bertz CT molecular complexity index is 522. The zero-order valence-corrected chi connectivity index (χ0v) is 12.3. The molecule has 0 saturated heterocycles. The van der Waals surface area contributed by atoms with Crippen molar-refractivity contribution in [3.63, 3.8) is 0 Å². The minimum atomic E-state index is 0.241. The fourth-order valence-corrected chi connectivity index (χ4v) is 2.34. The Morgan fingerprint density at radius 1 is 0.952 bits per heavy atom. The molecule has 2 aromatic carbocycles. The van der Waals surface area contributed by atoms with Crippen molar-refractivity contribution in [2.24, 2.45) is 0 Å². The van der Waals surface area contributed by atoms with E-state index in [2.05, 4.69) is 53.9 Å². The fraction of sp³-hybridized carbons (Fsp3) is 0.263. The van der Waals surface area contributed by atoms with Crippen LogP contribution in [0.5, 0.6) is 0 Å². The molecule has 0 heterocycles. The summed E-state index contributed by atoms with van der Waals surface area (Å²) in [6.45, 7) is 1.06. The van der Waals surface area contributed by atoms with Crippen LogP contribution >= 0.6 is 0 Å². The summed E-state index contributed by atoms with van der Waals surface area (Å²) in [4.78, 5) is 0. The van der Waals surface area contributed by atoms with Gasteiger partial charge in [-0.25, -0.2) is 0 Å². The predicted molar refractivity (Wildman–Crippen MR) is 89.0 cm³/mol. The summed E-state index contributed by atoms with van der Waals surface area (Å²) < 4.78 is 0. The van der Waals surface area contributed by atoms with Gasteiger partial charge in [0.2, 0.25) is 0 Å². The normalized spacial score (nSPS) is 12.6. The summed E-state index contributed by atoms with van der Waals surface area (Å²) in [5, 5.41) is 12.6. The number of rotatable bonds is 8. The van der Waals surface area contributed by atoms with Gasteiger partial charge < -0.3 is 10.4 Å². The average Bonchev–Trinajstić information content (AvgIpc) is 2.56. The molecule has 0 radical (unpaired) electrons. The maximum Gasteiger partial charge on any atom is 0.0431 e. The Labute approximate surface area is 127 Å². The third kappa shape index (κ3) is 5.54. The Morgan fingerprint density at radius 2 is 1.62 bits per heavy atom. The molecule has 1 atom stereocenters. The summed E-state index contributed by atoms with van der Waals surface area (Å²) in [7, 11) is 0. The van der Waals surface area contributed by atoms with Gasteiger partial charge in [-0.15, -0.1) is 0 Å². The standard InChI is InChI=1S/C19H23NO/c21-16-8-14-19(18-12-5-2-6-13-18)20-15-7-11-17-9-3-1-4-10-17/h1-7,9-13,19-21H,8,14-16H2. The minimum Gasteiger partial charge on any atom is -0.396 e. The van der Waals surface area contributed by atoms with Crippen LogP contribution in [0.15, 0.2) is 66.7 Å². The zero-order valence-electron chi connectivity index (χ0n) is 12.3. The highest BCUT2D eigenvalue weighted by molar-refractivity contribution is 5.48. The Hall–Kier alpha value is -1.90. The highest BCUT2D eigenvalue weighted by Crippen LogP contribution is 2.17. The predicted octanol–water partition coefficient (Wildman–Crippen LogP) is 3.80. The van der Waals surface area contributed by atoms with Crippen LogP contribution in [0.4, 0.5) is 0 Å². The Morgan fingerprint density at radius 3 is 2.29 bits per heavy atom. The molecule has 0 fully saturated rings. The van der Waals surface area contributed by atoms with E-state index in [1.807, 2.05) is 24.3 Å². The van der Waals surface area contributed by atoms with Gasteiger partial charge in [-0.05, 0) is 24.0 Å². The van der Waals surface area contributed by atoms with Crippen LogP contribution in [0.25, 0.3) is 6.08 Å². The molecule has 2 heteroatoms. The van der Waals surface area contributed by atoms with E-state index in [4.69, 9.17) is 5.11 Å². The van der Waals surface area contributed by atoms with Crippen LogP contribution in [0, 0.1) is 0 Å². The third-order valence-electron chi connectivity index (χ3n) is 3.44. The fourth-order valence-electron chi connectivity index (χ4n) is 2.34. The lowest BCUT2D eigenvalue weighted by atomic mass is 10.0. The quantitative estimate of drug-likeness (QED) is 0.771. The lowest BCUT2D eigenvalue weighted by Crippen LogP contribution is -2.21. The van der Waals surface area contributed by atoms with E-state index in [1.165, 1.54) is 11.1 Å². The van der Waals surface area contributed by atoms with Crippen LogP contribution < -0.4 is 5.32 Å². The number of aliphatic hydroxyl groups is 1. The molecule has 2 rings (SSSR count). The molecular formula is C19H23NO. The number of aliphatic hydroxyl groups excluding tert-OH is 1. The maximum absolute atomic E-state index is 9.04. The summed E-state index contributed by atoms with van der Waals surface area (Å²) in [6, 6.07) is 21.0. The number of hydrogen-bond acceptors (Lipinski definition) is 2. The number of benzene rings is 2. The van der Waals surface area contributed by atoms with Gasteiger partial charge in [-0.1, -0.05) is 72.8 Å². The first kappa shape index (κ1) is 15.5. The topological polar surface area (TPSA) is 32.3 Å². The highest BCUT2D eigenvalue weighted by Gasteiger charge is 2.08. The molecule has 0 aliphatic rings. The first-order valence-corrected chi connectivity index (χ1v) is 7.51. The van der Waals surface area contributed by atoms with Crippen molar-refractivity contribution in [3.05, 3.63) is 77.9 Å². The van der Waals surface area contributed by atoms with Crippen molar-refractivity contribution < 1.29 is 5.11 Å². The van der Waals surface area contributed by atoms with E-state index in [-0.39, 0.29) is 6.61 Å². The SMILES string of the molecule is OCCCC(NCC=Cc1ccccc1)c1ccccc1. The Kier molecular flexibility index (Phi) is 6.72. The van der Waals surface area contributed by atoms with E-state index in [1.54, 1.807) is 0 Å². The molecule has 21 heavy (non-hydrogen) atoms. The molecule has 2 aromatic rings. The molecule has 0 aliphatic carbocycles. The van der Waals surface area contributed by atoms with Crippen molar-refractivity contribution in [1.82, 2.24) is 5.32 Å². The van der Waals surface area contributed by atoms with Gasteiger partial charge in [-0.3, -0.25) is 0 Å². The van der Waals surface area contributed by atoms with Crippen molar-refractivity contribution in [2.45, 2.75) is 18.9 Å².